The summed E-state index contributed by atoms with van der Waals surface area (Å²) >= 11 is 3.04. The van der Waals surface area contributed by atoms with E-state index in [9.17, 15) is 4.79 Å². The van der Waals surface area contributed by atoms with Crippen LogP contribution < -0.4 is 15.5 Å². The molecule has 1 fully saturated rings. The molecule has 3 heterocycles. The minimum atomic E-state index is -0.120. The van der Waals surface area contributed by atoms with E-state index in [2.05, 4.69) is 25.7 Å². The molecule has 5 rings (SSSR count). The van der Waals surface area contributed by atoms with Crippen molar-refractivity contribution < 1.29 is 4.79 Å². The summed E-state index contributed by atoms with van der Waals surface area (Å²) in [7, 11) is 0. The molecule has 10 heteroatoms. The second-order valence-corrected chi connectivity index (χ2v) is 9.97. The lowest BCUT2D eigenvalue weighted by Crippen LogP contribution is -2.37. The Labute approximate surface area is 212 Å². The first-order chi connectivity index (χ1) is 17.1. The Morgan fingerprint density at radius 2 is 1.83 bits per heavy atom. The Bertz CT molecular complexity index is 1340. The minimum Gasteiger partial charge on any atom is -0.356 e. The Kier molecular flexibility index (Phi) is 6.91. The van der Waals surface area contributed by atoms with Crippen LogP contribution in [0.3, 0.4) is 0 Å². The number of benzene rings is 2. The number of nitrogens with zero attached hydrogens (tertiary/aromatic N) is 4. The topological polar surface area (TPSA) is 98.8 Å². The zero-order valence-corrected chi connectivity index (χ0v) is 21.0. The van der Waals surface area contributed by atoms with Gasteiger partial charge in [-0.15, -0.1) is 11.8 Å². The van der Waals surface area contributed by atoms with E-state index in [1.54, 1.807) is 11.8 Å². The predicted molar refractivity (Wildman–Crippen MR) is 142 cm³/mol. The van der Waals surface area contributed by atoms with E-state index in [-0.39, 0.29) is 5.91 Å². The third-order valence-corrected chi connectivity index (χ3v) is 7.18. The van der Waals surface area contributed by atoms with Gasteiger partial charge in [0.15, 0.2) is 11.0 Å². The van der Waals surface area contributed by atoms with Crippen LogP contribution in [0.2, 0.25) is 0 Å². The smallest absolute Gasteiger partial charge is 0.256 e. The highest BCUT2D eigenvalue weighted by molar-refractivity contribution is 7.99. The van der Waals surface area contributed by atoms with Gasteiger partial charge in [-0.2, -0.15) is 5.10 Å². The van der Waals surface area contributed by atoms with E-state index in [4.69, 9.17) is 9.97 Å². The molecule has 0 saturated carbocycles. The highest BCUT2D eigenvalue weighted by atomic mass is 32.2. The highest BCUT2D eigenvalue weighted by Crippen LogP contribution is 2.31. The SMILES string of the molecule is CSc1ccccc1C(=O)Nc1ccc(Sc2nc(Nc3cc(C)[nH]n3)cc(N3CCC3)n2)cc1. The van der Waals surface area contributed by atoms with Crippen molar-refractivity contribution in [1.29, 1.82) is 0 Å². The van der Waals surface area contributed by atoms with Crippen LogP contribution in [0.1, 0.15) is 22.5 Å². The first kappa shape index (κ1) is 23.3. The number of H-pyrrole nitrogens is 1. The summed E-state index contributed by atoms with van der Waals surface area (Å²) in [6.07, 6.45) is 3.14. The average Bonchev–Trinajstić information content (AvgIpc) is 3.23. The maximum absolute atomic E-state index is 12.7. The molecule has 1 amide bonds. The van der Waals surface area contributed by atoms with Crippen LogP contribution in [-0.2, 0) is 0 Å². The van der Waals surface area contributed by atoms with Gasteiger partial charge in [-0.05, 0) is 67.8 Å². The molecule has 35 heavy (non-hydrogen) atoms. The van der Waals surface area contributed by atoms with Crippen molar-refractivity contribution in [3.05, 3.63) is 71.9 Å². The number of rotatable bonds is 8. The number of anilines is 4. The zero-order chi connectivity index (χ0) is 24.2. The number of hydrogen-bond donors (Lipinski definition) is 3. The second kappa shape index (κ2) is 10.4. The first-order valence-electron chi connectivity index (χ1n) is 11.2. The molecule has 2 aromatic carbocycles. The Morgan fingerprint density at radius 3 is 2.51 bits per heavy atom. The van der Waals surface area contributed by atoms with Crippen molar-refractivity contribution in [2.75, 3.05) is 34.9 Å². The number of amides is 1. The van der Waals surface area contributed by atoms with E-state index in [1.165, 1.54) is 18.2 Å². The van der Waals surface area contributed by atoms with Gasteiger partial charge in [-0.25, -0.2) is 9.97 Å². The predicted octanol–water partition coefficient (Wildman–Crippen LogP) is 5.59. The molecule has 0 radical (unpaired) electrons. The van der Waals surface area contributed by atoms with Crippen LogP contribution in [-0.4, -0.2) is 45.4 Å². The maximum Gasteiger partial charge on any atom is 0.256 e. The Balaban J connectivity index is 1.31. The quantitative estimate of drug-likeness (QED) is 0.211. The summed E-state index contributed by atoms with van der Waals surface area (Å²) in [5.74, 6) is 2.20. The molecule has 1 aliphatic heterocycles. The molecule has 3 N–H and O–H groups in total. The summed E-state index contributed by atoms with van der Waals surface area (Å²) in [4.78, 5) is 26.3. The van der Waals surface area contributed by atoms with Gasteiger partial charge in [0.25, 0.3) is 5.91 Å². The molecule has 0 atom stereocenters. The van der Waals surface area contributed by atoms with Crippen LogP contribution in [0.5, 0.6) is 0 Å². The van der Waals surface area contributed by atoms with Crippen LogP contribution in [0.4, 0.5) is 23.1 Å². The summed E-state index contributed by atoms with van der Waals surface area (Å²) in [5.41, 5.74) is 2.38. The third kappa shape index (κ3) is 5.60. The fourth-order valence-electron chi connectivity index (χ4n) is 3.59. The van der Waals surface area contributed by atoms with Crippen molar-refractivity contribution in [3.63, 3.8) is 0 Å². The van der Waals surface area contributed by atoms with E-state index in [0.717, 1.165) is 45.9 Å². The van der Waals surface area contributed by atoms with Gasteiger partial charge < -0.3 is 15.5 Å². The summed E-state index contributed by atoms with van der Waals surface area (Å²) in [6, 6.07) is 19.2. The largest absolute Gasteiger partial charge is 0.356 e. The van der Waals surface area contributed by atoms with Crippen LogP contribution >= 0.6 is 23.5 Å². The van der Waals surface area contributed by atoms with Crippen molar-refractivity contribution in [3.8, 4) is 0 Å². The lowest BCUT2D eigenvalue weighted by atomic mass is 10.2. The van der Waals surface area contributed by atoms with Gasteiger partial charge in [-0.1, -0.05) is 12.1 Å². The molecule has 2 aromatic heterocycles. The lowest BCUT2D eigenvalue weighted by Gasteiger charge is -2.32. The Morgan fingerprint density at radius 1 is 1.03 bits per heavy atom. The molecule has 0 aliphatic carbocycles. The van der Waals surface area contributed by atoms with Crippen molar-refractivity contribution in [2.45, 2.75) is 28.3 Å². The number of nitrogens with one attached hydrogen (secondary N) is 3. The second-order valence-electron chi connectivity index (χ2n) is 8.08. The lowest BCUT2D eigenvalue weighted by molar-refractivity contribution is 0.102. The molecule has 178 valence electrons. The first-order valence-corrected chi connectivity index (χ1v) is 13.3. The highest BCUT2D eigenvalue weighted by Gasteiger charge is 2.19. The molecule has 0 spiro atoms. The molecular formula is C25H25N7OS2. The molecule has 1 aliphatic rings. The van der Waals surface area contributed by atoms with E-state index < -0.39 is 0 Å². The van der Waals surface area contributed by atoms with E-state index in [0.29, 0.717) is 16.5 Å². The van der Waals surface area contributed by atoms with Gasteiger partial charge >= 0.3 is 0 Å². The Hall–Kier alpha value is -3.50. The van der Waals surface area contributed by atoms with Crippen molar-refractivity contribution in [1.82, 2.24) is 20.2 Å². The number of carbonyl (C=O) groups is 1. The van der Waals surface area contributed by atoms with Gasteiger partial charge in [0.2, 0.25) is 0 Å². The molecule has 8 nitrogen and oxygen atoms in total. The van der Waals surface area contributed by atoms with E-state index >= 15 is 0 Å². The van der Waals surface area contributed by atoms with Gasteiger partial charge in [0, 0.05) is 46.4 Å². The molecule has 0 bridgehead atoms. The van der Waals surface area contributed by atoms with Gasteiger partial charge in [0.1, 0.15) is 11.6 Å². The number of aromatic nitrogens is 4. The molecule has 1 saturated heterocycles. The zero-order valence-electron chi connectivity index (χ0n) is 19.4. The molecule has 4 aromatic rings. The standard InChI is InChI=1S/C25H25N7OS2/c1-16-14-22(31-30-16)27-21-15-23(32-12-5-13-32)29-25(28-21)35-18-10-8-17(9-11-18)26-24(33)19-6-3-4-7-20(19)34-2/h3-4,6-11,14-15H,5,12-13H2,1-2H3,(H,26,33)(H2,27,28,29,30,31). The monoisotopic (exact) mass is 503 g/mol. The summed E-state index contributed by atoms with van der Waals surface area (Å²) in [6.45, 7) is 3.95. The van der Waals surface area contributed by atoms with Crippen molar-refractivity contribution >= 4 is 52.6 Å². The van der Waals surface area contributed by atoms with Crippen molar-refractivity contribution in [2.24, 2.45) is 0 Å². The number of hydrogen-bond acceptors (Lipinski definition) is 8. The van der Waals surface area contributed by atoms with E-state index in [1.807, 2.05) is 73.8 Å². The normalized spacial score (nSPS) is 12.8. The number of aromatic amines is 1. The maximum atomic E-state index is 12.7. The molecular weight excluding hydrogens is 478 g/mol. The minimum absolute atomic E-state index is 0.120. The fourth-order valence-corrected chi connectivity index (χ4v) is 4.95. The van der Waals surface area contributed by atoms with Gasteiger partial charge in [-0.3, -0.25) is 9.89 Å². The number of thioether (sulfide) groups is 1. The van der Waals surface area contributed by atoms with Crippen LogP contribution in [0.25, 0.3) is 0 Å². The fraction of sp³-hybridized carbons (Fsp3) is 0.200. The molecule has 0 unspecified atom stereocenters. The van der Waals surface area contributed by atoms with Gasteiger partial charge in [0.05, 0.1) is 5.56 Å². The van der Waals surface area contributed by atoms with Crippen LogP contribution in [0, 0.1) is 6.92 Å². The van der Waals surface area contributed by atoms with Crippen LogP contribution in [0.15, 0.2) is 75.6 Å². The summed E-state index contributed by atoms with van der Waals surface area (Å²) in [5, 5.41) is 14.1. The third-order valence-electron chi connectivity index (χ3n) is 5.51. The number of aryl methyl sites for hydroxylation is 1. The average molecular weight is 504 g/mol. The summed E-state index contributed by atoms with van der Waals surface area (Å²) < 4.78 is 0. The number of carbonyl (C=O) groups excluding carboxylic acids is 1.